The molecule has 134 valence electrons. The van der Waals surface area contributed by atoms with E-state index in [1.54, 1.807) is 18.2 Å². The molecule has 3 amide bonds. The first-order chi connectivity index (χ1) is 12.0. The number of fused-ring (bicyclic) bond motifs is 1. The van der Waals surface area contributed by atoms with Crippen molar-refractivity contribution in [2.24, 2.45) is 5.92 Å². The van der Waals surface area contributed by atoms with Crippen LogP contribution in [0.3, 0.4) is 0 Å². The number of para-hydroxylation sites is 2. The van der Waals surface area contributed by atoms with Crippen molar-refractivity contribution in [3.8, 4) is 0 Å². The van der Waals surface area contributed by atoms with Gasteiger partial charge in [-0.25, -0.2) is 0 Å². The minimum Gasteiger partial charge on any atom is -0.352 e. The van der Waals surface area contributed by atoms with Crippen LogP contribution in [0, 0.1) is 5.92 Å². The lowest BCUT2D eigenvalue weighted by Gasteiger charge is -2.31. The molecule has 0 aliphatic carbocycles. The summed E-state index contributed by atoms with van der Waals surface area (Å²) in [5.41, 5.74) is 1.30. The lowest BCUT2D eigenvalue weighted by molar-refractivity contribution is -0.126. The molecule has 0 bridgehead atoms. The Bertz CT molecular complexity index is 676. The lowest BCUT2D eigenvalue weighted by atomic mass is 9.94. The molecule has 2 aliphatic heterocycles. The van der Waals surface area contributed by atoms with Crippen molar-refractivity contribution in [1.29, 1.82) is 0 Å². The monoisotopic (exact) mass is 344 g/mol. The third-order valence-corrected chi connectivity index (χ3v) is 4.81. The van der Waals surface area contributed by atoms with Crippen molar-refractivity contribution in [1.82, 2.24) is 10.6 Å². The Morgan fingerprint density at radius 3 is 2.88 bits per heavy atom. The smallest absolute Gasteiger partial charge is 0.244 e. The maximum Gasteiger partial charge on any atom is 0.244 e. The van der Waals surface area contributed by atoms with E-state index < -0.39 is 0 Å². The minimum absolute atomic E-state index is 0.0129. The van der Waals surface area contributed by atoms with Gasteiger partial charge in [-0.3, -0.25) is 14.4 Å². The Balaban J connectivity index is 1.56. The van der Waals surface area contributed by atoms with Crippen LogP contribution >= 0.6 is 0 Å². The summed E-state index contributed by atoms with van der Waals surface area (Å²) >= 11 is 0. The van der Waals surface area contributed by atoms with E-state index in [-0.39, 0.29) is 43.1 Å². The topological polar surface area (TPSA) is 90.5 Å². The van der Waals surface area contributed by atoms with E-state index in [9.17, 15) is 14.4 Å². The highest BCUT2D eigenvalue weighted by atomic mass is 16.2. The molecule has 0 saturated carbocycles. The summed E-state index contributed by atoms with van der Waals surface area (Å²) in [7, 11) is 0. The van der Waals surface area contributed by atoms with Crippen molar-refractivity contribution >= 4 is 29.1 Å². The minimum atomic E-state index is -0.224. The maximum absolute atomic E-state index is 12.5. The van der Waals surface area contributed by atoms with Gasteiger partial charge in [0, 0.05) is 25.4 Å². The second kappa shape index (κ2) is 7.65. The van der Waals surface area contributed by atoms with Gasteiger partial charge >= 0.3 is 0 Å². The highest BCUT2D eigenvalue weighted by molar-refractivity contribution is 6.10. The molecule has 25 heavy (non-hydrogen) atoms. The van der Waals surface area contributed by atoms with Gasteiger partial charge in [-0.2, -0.15) is 0 Å². The number of benzene rings is 1. The molecule has 2 atom stereocenters. The fourth-order valence-corrected chi connectivity index (χ4v) is 3.27. The van der Waals surface area contributed by atoms with Crippen LogP contribution in [0.1, 0.15) is 26.2 Å². The summed E-state index contributed by atoms with van der Waals surface area (Å²) in [6.45, 7) is 3.85. The summed E-state index contributed by atoms with van der Waals surface area (Å²) in [4.78, 5) is 37.9. The van der Waals surface area contributed by atoms with E-state index >= 15 is 0 Å². The lowest BCUT2D eigenvalue weighted by Crippen LogP contribution is -2.50. The zero-order valence-electron chi connectivity index (χ0n) is 14.4. The van der Waals surface area contributed by atoms with Crippen molar-refractivity contribution in [3.05, 3.63) is 24.3 Å². The molecule has 0 radical (unpaired) electrons. The summed E-state index contributed by atoms with van der Waals surface area (Å²) in [5.74, 6) is -0.131. The first-order valence-electron chi connectivity index (χ1n) is 8.74. The number of carbonyl (C=O) groups is 3. The van der Waals surface area contributed by atoms with Crippen LogP contribution in [-0.2, 0) is 14.4 Å². The van der Waals surface area contributed by atoms with Gasteiger partial charge in [0.05, 0.1) is 11.4 Å². The molecule has 7 nitrogen and oxygen atoms in total. The number of hydrogen-bond acceptors (Lipinski definition) is 4. The van der Waals surface area contributed by atoms with Crippen LogP contribution in [0.15, 0.2) is 24.3 Å². The van der Waals surface area contributed by atoms with Gasteiger partial charge < -0.3 is 20.9 Å². The Morgan fingerprint density at radius 1 is 1.28 bits per heavy atom. The molecule has 0 aromatic heterocycles. The fraction of sp³-hybridized carbons (Fsp3) is 0.500. The zero-order valence-corrected chi connectivity index (χ0v) is 14.4. The van der Waals surface area contributed by atoms with Gasteiger partial charge in [0.1, 0.15) is 6.54 Å². The average Bonchev–Trinajstić information content (AvgIpc) is 2.61. The van der Waals surface area contributed by atoms with Gasteiger partial charge in [0.15, 0.2) is 0 Å². The molecule has 7 heteroatoms. The number of carbonyl (C=O) groups excluding carboxylic acids is 3. The molecule has 1 fully saturated rings. The Morgan fingerprint density at radius 2 is 2.08 bits per heavy atom. The molecule has 3 rings (SSSR count). The zero-order chi connectivity index (χ0) is 17.8. The molecular formula is C18H24N4O3. The predicted molar refractivity (Wildman–Crippen MR) is 95.2 cm³/mol. The Labute approximate surface area is 147 Å². The second-order valence-electron chi connectivity index (χ2n) is 6.69. The third-order valence-electron chi connectivity index (χ3n) is 4.81. The van der Waals surface area contributed by atoms with E-state index in [0.29, 0.717) is 17.3 Å². The normalized spacial score (nSPS) is 22.8. The van der Waals surface area contributed by atoms with Gasteiger partial charge in [-0.15, -0.1) is 0 Å². The number of anilines is 2. The first kappa shape index (κ1) is 17.4. The van der Waals surface area contributed by atoms with Crippen LogP contribution in [0.25, 0.3) is 0 Å². The van der Waals surface area contributed by atoms with Crippen LogP contribution in [0.2, 0.25) is 0 Å². The van der Waals surface area contributed by atoms with Gasteiger partial charge in [0.25, 0.3) is 0 Å². The Hall–Kier alpha value is -2.41. The van der Waals surface area contributed by atoms with Crippen molar-refractivity contribution < 1.29 is 14.4 Å². The van der Waals surface area contributed by atoms with Crippen LogP contribution in [0.4, 0.5) is 11.4 Å². The molecule has 2 unspecified atom stereocenters. The van der Waals surface area contributed by atoms with Crippen LogP contribution in [0.5, 0.6) is 0 Å². The van der Waals surface area contributed by atoms with Gasteiger partial charge in [0.2, 0.25) is 17.7 Å². The van der Waals surface area contributed by atoms with E-state index in [4.69, 9.17) is 0 Å². The standard InChI is InChI=1S/C18H24N4O3/c1-12-8-9-19-10-14(12)21-16(23)6-7-18(25)22-11-17(24)20-13-4-2-3-5-15(13)22/h2-5,12,14,19H,6-11H2,1H3,(H,20,24)(H,21,23). The SMILES string of the molecule is CC1CCNCC1NC(=O)CCC(=O)N1CC(=O)Nc2ccccc21. The van der Waals surface area contributed by atoms with Crippen molar-refractivity contribution in [2.45, 2.75) is 32.2 Å². The summed E-state index contributed by atoms with van der Waals surface area (Å²) < 4.78 is 0. The number of hydrogen-bond donors (Lipinski definition) is 3. The molecule has 1 aromatic rings. The summed E-state index contributed by atoms with van der Waals surface area (Å²) in [5, 5.41) is 9.02. The number of nitrogens with zero attached hydrogens (tertiary/aromatic N) is 1. The number of nitrogens with one attached hydrogen (secondary N) is 3. The summed E-state index contributed by atoms with van der Waals surface area (Å²) in [6, 6.07) is 7.29. The van der Waals surface area contributed by atoms with Crippen LogP contribution < -0.4 is 20.9 Å². The number of piperidine rings is 1. The summed E-state index contributed by atoms with van der Waals surface area (Å²) in [6.07, 6.45) is 1.24. The number of rotatable bonds is 4. The van der Waals surface area contributed by atoms with Crippen LogP contribution in [-0.4, -0.2) is 43.4 Å². The Kier molecular flexibility index (Phi) is 5.33. The van der Waals surface area contributed by atoms with E-state index in [0.717, 1.165) is 19.5 Å². The van der Waals surface area contributed by atoms with Gasteiger partial charge in [-0.05, 0) is 31.0 Å². The molecule has 2 heterocycles. The van der Waals surface area contributed by atoms with E-state index in [1.165, 1.54) is 4.90 Å². The predicted octanol–water partition coefficient (Wildman–Crippen LogP) is 0.866. The molecule has 2 aliphatic rings. The van der Waals surface area contributed by atoms with E-state index in [1.807, 2.05) is 6.07 Å². The number of amides is 3. The molecule has 1 aromatic carbocycles. The molecular weight excluding hydrogens is 320 g/mol. The van der Waals surface area contributed by atoms with E-state index in [2.05, 4.69) is 22.9 Å². The van der Waals surface area contributed by atoms with Gasteiger partial charge in [-0.1, -0.05) is 19.1 Å². The first-order valence-corrected chi connectivity index (χ1v) is 8.74. The quantitative estimate of drug-likeness (QED) is 0.756. The molecule has 0 spiro atoms. The van der Waals surface area contributed by atoms with Crippen molar-refractivity contribution in [2.75, 3.05) is 29.9 Å². The fourth-order valence-electron chi connectivity index (χ4n) is 3.27. The maximum atomic E-state index is 12.5. The molecule has 3 N–H and O–H groups in total. The highest BCUT2D eigenvalue weighted by Gasteiger charge is 2.27. The third kappa shape index (κ3) is 4.17. The second-order valence-corrected chi connectivity index (χ2v) is 6.69. The van der Waals surface area contributed by atoms with Crippen molar-refractivity contribution in [3.63, 3.8) is 0 Å². The molecule has 1 saturated heterocycles. The largest absolute Gasteiger partial charge is 0.352 e. The highest BCUT2D eigenvalue weighted by Crippen LogP contribution is 2.29. The average molecular weight is 344 g/mol.